The first kappa shape index (κ1) is 14.9. The molecule has 0 spiro atoms. The maximum absolute atomic E-state index is 13.1. The minimum absolute atomic E-state index is 0.0790. The van der Waals surface area contributed by atoms with Gasteiger partial charge in [0.1, 0.15) is 5.82 Å². The Morgan fingerprint density at radius 1 is 1.55 bits per heavy atom. The Balaban J connectivity index is 1.79. The van der Waals surface area contributed by atoms with Crippen molar-refractivity contribution in [1.29, 1.82) is 0 Å². The molecule has 1 aromatic carbocycles. The number of halogens is 1. The highest BCUT2D eigenvalue weighted by Crippen LogP contribution is 2.19. The van der Waals surface area contributed by atoms with Crippen LogP contribution < -0.4 is 5.32 Å². The van der Waals surface area contributed by atoms with Gasteiger partial charge in [-0.05, 0) is 37.5 Å². The normalized spacial score (nSPS) is 23.0. The van der Waals surface area contributed by atoms with Crippen molar-refractivity contribution in [3.63, 3.8) is 0 Å². The van der Waals surface area contributed by atoms with Crippen LogP contribution in [0.15, 0.2) is 18.2 Å². The Bertz CT molecular complexity index is 503. The molecular weight excluding hydrogens is 259 g/mol. The number of benzene rings is 1. The van der Waals surface area contributed by atoms with Gasteiger partial charge in [-0.3, -0.25) is 9.69 Å². The minimum Gasteiger partial charge on any atom is -0.389 e. The molecule has 1 amide bonds. The lowest BCUT2D eigenvalue weighted by atomic mass is 10.1. The quantitative estimate of drug-likeness (QED) is 0.871. The van der Waals surface area contributed by atoms with Crippen molar-refractivity contribution >= 4 is 5.91 Å². The van der Waals surface area contributed by atoms with E-state index in [1.807, 2.05) is 4.90 Å². The number of nitrogens with zero attached hydrogens (tertiary/aromatic N) is 1. The predicted molar refractivity (Wildman–Crippen MR) is 74.7 cm³/mol. The van der Waals surface area contributed by atoms with Crippen molar-refractivity contribution in [2.45, 2.75) is 32.4 Å². The number of carbonyl (C=O) groups excluding carboxylic acids is 1. The van der Waals surface area contributed by atoms with E-state index in [0.29, 0.717) is 25.1 Å². The molecule has 5 heteroatoms. The molecule has 20 heavy (non-hydrogen) atoms. The Labute approximate surface area is 118 Å². The molecule has 1 unspecified atom stereocenters. The Hall–Kier alpha value is -1.46. The van der Waals surface area contributed by atoms with Crippen LogP contribution in [0.5, 0.6) is 0 Å². The topological polar surface area (TPSA) is 52.6 Å². The summed E-state index contributed by atoms with van der Waals surface area (Å²) in [4.78, 5) is 13.8. The number of amides is 1. The number of nitrogens with one attached hydrogen (secondary N) is 1. The molecule has 0 saturated carbocycles. The number of aryl methyl sites for hydroxylation is 1. The van der Waals surface area contributed by atoms with E-state index in [0.717, 1.165) is 12.1 Å². The molecule has 1 aliphatic heterocycles. The molecule has 2 N–H and O–H groups in total. The lowest BCUT2D eigenvalue weighted by Crippen LogP contribution is -2.38. The summed E-state index contributed by atoms with van der Waals surface area (Å²) in [6.07, 6.45) is 0.692. The van der Waals surface area contributed by atoms with Crippen molar-refractivity contribution in [3.05, 3.63) is 35.1 Å². The highest BCUT2D eigenvalue weighted by Gasteiger charge is 2.31. The number of likely N-dealkylation sites (tertiary alicyclic amines) is 1. The minimum atomic E-state index is -0.686. The van der Waals surface area contributed by atoms with E-state index in [1.54, 1.807) is 26.0 Å². The van der Waals surface area contributed by atoms with E-state index < -0.39 is 5.60 Å². The zero-order valence-corrected chi connectivity index (χ0v) is 11.9. The van der Waals surface area contributed by atoms with E-state index in [2.05, 4.69) is 5.32 Å². The average molecular weight is 280 g/mol. The van der Waals surface area contributed by atoms with Crippen LogP contribution >= 0.6 is 0 Å². The Kier molecular flexibility index (Phi) is 4.40. The SMILES string of the molecule is Cc1cc(CNC(=O)CN2CCC(C)(O)C2)ccc1F. The van der Waals surface area contributed by atoms with Crippen molar-refractivity contribution in [3.8, 4) is 0 Å². The third kappa shape index (κ3) is 4.02. The second-order valence-corrected chi connectivity index (χ2v) is 5.82. The lowest BCUT2D eigenvalue weighted by Gasteiger charge is -2.18. The van der Waals surface area contributed by atoms with Gasteiger partial charge in [0.15, 0.2) is 0 Å². The fraction of sp³-hybridized carbons (Fsp3) is 0.533. The van der Waals surface area contributed by atoms with Gasteiger partial charge in [-0.2, -0.15) is 0 Å². The molecule has 0 aromatic heterocycles. The standard InChI is InChI=1S/C15H21FN2O2/c1-11-7-12(3-4-13(11)16)8-17-14(19)9-18-6-5-15(2,20)10-18/h3-4,7,20H,5-6,8-10H2,1-2H3,(H,17,19). The van der Waals surface area contributed by atoms with Crippen LogP contribution in [0.2, 0.25) is 0 Å². The summed E-state index contributed by atoms with van der Waals surface area (Å²) in [6.45, 7) is 5.42. The first-order valence-electron chi connectivity index (χ1n) is 6.82. The zero-order chi connectivity index (χ0) is 14.8. The largest absolute Gasteiger partial charge is 0.389 e. The fourth-order valence-electron chi connectivity index (χ4n) is 2.45. The maximum Gasteiger partial charge on any atom is 0.234 e. The molecule has 110 valence electrons. The number of hydrogen-bond donors (Lipinski definition) is 2. The zero-order valence-electron chi connectivity index (χ0n) is 11.9. The van der Waals surface area contributed by atoms with Gasteiger partial charge in [-0.25, -0.2) is 4.39 Å². The van der Waals surface area contributed by atoms with Gasteiger partial charge in [0.2, 0.25) is 5.91 Å². The summed E-state index contributed by atoms with van der Waals surface area (Å²) in [6, 6.07) is 4.81. The summed E-state index contributed by atoms with van der Waals surface area (Å²) in [5.74, 6) is -0.316. The molecule has 1 aliphatic rings. The lowest BCUT2D eigenvalue weighted by molar-refractivity contribution is -0.122. The van der Waals surface area contributed by atoms with E-state index in [1.165, 1.54) is 6.07 Å². The number of β-amino-alcohol motifs (C(OH)–C–C–N with tert-alkyl or cyclic N) is 1. The van der Waals surface area contributed by atoms with Crippen LogP contribution in [-0.4, -0.2) is 41.1 Å². The van der Waals surface area contributed by atoms with Crippen LogP contribution in [0.4, 0.5) is 4.39 Å². The molecule has 4 nitrogen and oxygen atoms in total. The van der Waals surface area contributed by atoms with Gasteiger partial charge in [0.05, 0.1) is 12.1 Å². The average Bonchev–Trinajstić information content (AvgIpc) is 2.70. The van der Waals surface area contributed by atoms with Crippen molar-refractivity contribution in [2.24, 2.45) is 0 Å². The molecule has 1 aromatic rings. The van der Waals surface area contributed by atoms with E-state index in [9.17, 15) is 14.3 Å². The molecule has 1 atom stereocenters. The summed E-state index contributed by atoms with van der Waals surface area (Å²) in [7, 11) is 0. The number of carbonyl (C=O) groups is 1. The smallest absolute Gasteiger partial charge is 0.234 e. The second-order valence-electron chi connectivity index (χ2n) is 5.82. The van der Waals surface area contributed by atoms with Crippen LogP contribution in [-0.2, 0) is 11.3 Å². The van der Waals surface area contributed by atoms with Crippen LogP contribution in [0.3, 0.4) is 0 Å². The third-order valence-electron chi connectivity index (χ3n) is 3.61. The Morgan fingerprint density at radius 3 is 2.90 bits per heavy atom. The molecule has 0 radical (unpaired) electrons. The monoisotopic (exact) mass is 280 g/mol. The van der Waals surface area contributed by atoms with Gasteiger partial charge >= 0.3 is 0 Å². The molecule has 1 heterocycles. The molecule has 1 fully saturated rings. The molecular formula is C15H21FN2O2. The number of rotatable bonds is 4. The first-order valence-corrected chi connectivity index (χ1v) is 6.82. The number of hydrogen-bond acceptors (Lipinski definition) is 3. The van der Waals surface area contributed by atoms with Crippen molar-refractivity contribution < 1.29 is 14.3 Å². The molecule has 0 aliphatic carbocycles. The summed E-state index contributed by atoms with van der Waals surface area (Å²) in [5.41, 5.74) is 0.770. The predicted octanol–water partition coefficient (Wildman–Crippen LogP) is 1.21. The van der Waals surface area contributed by atoms with E-state index in [4.69, 9.17) is 0 Å². The van der Waals surface area contributed by atoms with Crippen LogP contribution in [0.1, 0.15) is 24.5 Å². The molecule has 2 rings (SSSR count). The van der Waals surface area contributed by atoms with Gasteiger partial charge < -0.3 is 10.4 Å². The maximum atomic E-state index is 13.1. The van der Waals surface area contributed by atoms with Crippen molar-refractivity contribution in [1.82, 2.24) is 10.2 Å². The summed E-state index contributed by atoms with van der Waals surface area (Å²) in [5, 5.41) is 12.6. The van der Waals surface area contributed by atoms with Gasteiger partial charge in [0, 0.05) is 19.6 Å². The van der Waals surface area contributed by atoms with E-state index in [-0.39, 0.29) is 18.3 Å². The molecule has 1 saturated heterocycles. The third-order valence-corrected chi connectivity index (χ3v) is 3.61. The highest BCUT2D eigenvalue weighted by molar-refractivity contribution is 5.78. The van der Waals surface area contributed by atoms with Crippen LogP contribution in [0.25, 0.3) is 0 Å². The van der Waals surface area contributed by atoms with E-state index >= 15 is 0 Å². The van der Waals surface area contributed by atoms with Gasteiger partial charge in [-0.1, -0.05) is 12.1 Å². The van der Waals surface area contributed by atoms with Gasteiger partial charge in [0.25, 0.3) is 0 Å². The first-order chi connectivity index (χ1) is 9.35. The van der Waals surface area contributed by atoms with Crippen molar-refractivity contribution in [2.75, 3.05) is 19.6 Å². The highest BCUT2D eigenvalue weighted by atomic mass is 19.1. The Morgan fingerprint density at radius 2 is 2.30 bits per heavy atom. The fourth-order valence-corrected chi connectivity index (χ4v) is 2.45. The summed E-state index contributed by atoms with van der Waals surface area (Å²) >= 11 is 0. The molecule has 0 bridgehead atoms. The second kappa shape index (κ2) is 5.89. The van der Waals surface area contributed by atoms with Crippen LogP contribution in [0, 0.1) is 12.7 Å². The number of aliphatic hydroxyl groups is 1. The van der Waals surface area contributed by atoms with Gasteiger partial charge in [-0.15, -0.1) is 0 Å². The summed E-state index contributed by atoms with van der Waals surface area (Å²) < 4.78 is 13.1.